The molecule has 0 fully saturated rings. The molecule has 0 radical (unpaired) electrons. The quantitative estimate of drug-likeness (QED) is 0.932. The molecule has 5 heteroatoms. The standard InChI is InChI=1S/C15H13FN2O2/c1-20-11-6-4-10(5-7-11)18-9-13(19)15(18)14-12(16)3-2-8-17-14/h2-9,15,19H,1H3. The van der Waals surface area contributed by atoms with Crippen LogP contribution in [0.2, 0.25) is 0 Å². The molecule has 1 aliphatic rings. The molecular weight excluding hydrogens is 259 g/mol. The van der Waals surface area contributed by atoms with Crippen LogP contribution < -0.4 is 9.64 Å². The van der Waals surface area contributed by atoms with E-state index in [0.29, 0.717) is 0 Å². The number of pyridine rings is 1. The first kappa shape index (κ1) is 12.5. The Hall–Kier alpha value is -2.56. The Morgan fingerprint density at radius 1 is 1.25 bits per heavy atom. The predicted molar refractivity (Wildman–Crippen MR) is 73.1 cm³/mol. The van der Waals surface area contributed by atoms with Gasteiger partial charge in [0.2, 0.25) is 0 Å². The first-order chi connectivity index (χ1) is 9.70. The summed E-state index contributed by atoms with van der Waals surface area (Å²) < 4.78 is 18.9. The van der Waals surface area contributed by atoms with Gasteiger partial charge in [0, 0.05) is 18.1 Å². The van der Waals surface area contributed by atoms with Crippen LogP contribution in [0, 0.1) is 5.82 Å². The summed E-state index contributed by atoms with van der Waals surface area (Å²) in [7, 11) is 1.59. The summed E-state index contributed by atoms with van der Waals surface area (Å²) in [6, 6.07) is 9.58. The van der Waals surface area contributed by atoms with Crippen LogP contribution >= 0.6 is 0 Å². The van der Waals surface area contributed by atoms with Gasteiger partial charge in [-0.3, -0.25) is 4.98 Å². The van der Waals surface area contributed by atoms with E-state index in [1.54, 1.807) is 18.2 Å². The van der Waals surface area contributed by atoms with E-state index in [9.17, 15) is 9.50 Å². The molecule has 4 nitrogen and oxygen atoms in total. The van der Waals surface area contributed by atoms with Crippen molar-refractivity contribution in [2.75, 3.05) is 12.0 Å². The third-order valence-electron chi connectivity index (χ3n) is 3.25. The van der Waals surface area contributed by atoms with E-state index in [2.05, 4.69) is 4.98 Å². The largest absolute Gasteiger partial charge is 0.508 e. The summed E-state index contributed by atoms with van der Waals surface area (Å²) in [6.07, 6.45) is 3.07. The number of halogens is 1. The molecule has 2 aromatic rings. The van der Waals surface area contributed by atoms with Gasteiger partial charge in [-0.25, -0.2) is 4.39 Å². The third-order valence-corrected chi connectivity index (χ3v) is 3.25. The van der Waals surface area contributed by atoms with Gasteiger partial charge >= 0.3 is 0 Å². The summed E-state index contributed by atoms with van der Waals surface area (Å²) in [4.78, 5) is 5.78. The lowest BCUT2D eigenvalue weighted by molar-refractivity contribution is 0.330. The molecule has 1 aliphatic heterocycles. The van der Waals surface area contributed by atoms with Crippen molar-refractivity contribution in [1.29, 1.82) is 0 Å². The topological polar surface area (TPSA) is 45.6 Å². The first-order valence-electron chi connectivity index (χ1n) is 6.14. The zero-order valence-electron chi connectivity index (χ0n) is 10.8. The Balaban J connectivity index is 1.93. The highest BCUT2D eigenvalue weighted by Crippen LogP contribution is 2.39. The summed E-state index contributed by atoms with van der Waals surface area (Å²) >= 11 is 0. The van der Waals surface area contributed by atoms with E-state index < -0.39 is 11.9 Å². The normalized spacial score (nSPS) is 17.4. The molecule has 0 aliphatic carbocycles. The van der Waals surface area contributed by atoms with Crippen molar-refractivity contribution in [1.82, 2.24) is 4.98 Å². The molecule has 0 bridgehead atoms. The van der Waals surface area contributed by atoms with Crippen LogP contribution in [-0.2, 0) is 0 Å². The fraction of sp³-hybridized carbons (Fsp3) is 0.133. The average molecular weight is 272 g/mol. The molecule has 1 N–H and O–H groups in total. The van der Waals surface area contributed by atoms with E-state index in [0.717, 1.165) is 11.4 Å². The Labute approximate surface area is 115 Å². The Morgan fingerprint density at radius 2 is 2.00 bits per heavy atom. The minimum Gasteiger partial charge on any atom is -0.508 e. The molecular formula is C15H13FN2O2. The SMILES string of the molecule is COc1ccc(N2C=C(O)C2c2ncccc2F)cc1. The highest BCUT2D eigenvalue weighted by Gasteiger charge is 2.35. The number of methoxy groups -OCH3 is 1. The third kappa shape index (κ3) is 1.97. The lowest BCUT2D eigenvalue weighted by atomic mass is 10.0. The molecule has 1 aromatic heterocycles. The van der Waals surface area contributed by atoms with Gasteiger partial charge in [-0.2, -0.15) is 0 Å². The number of aliphatic hydroxyl groups is 1. The van der Waals surface area contributed by atoms with E-state index in [-0.39, 0.29) is 11.5 Å². The van der Waals surface area contributed by atoms with Gasteiger partial charge in [0.05, 0.1) is 7.11 Å². The first-order valence-corrected chi connectivity index (χ1v) is 6.14. The van der Waals surface area contributed by atoms with Gasteiger partial charge in [-0.1, -0.05) is 0 Å². The van der Waals surface area contributed by atoms with Crippen LogP contribution in [0.5, 0.6) is 5.75 Å². The molecule has 1 aromatic carbocycles. The molecule has 0 saturated heterocycles. The summed E-state index contributed by atoms with van der Waals surface area (Å²) in [5.74, 6) is 0.400. The van der Waals surface area contributed by atoms with E-state index in [4.69, 9.17) is 4.74 Å². The number of hydrogen-bond donors (Lipinski definition) is 1. The molecule has 0 amide bonds. The minimum absolute atomic E-state index is 0.0958. The molecule has 0 spiro atoms. The van der Waals surface area contributed by atoms with Crippen molar-refractivity contribution in [2.24, 2.45) is 0 Å². The second kappa shape index (κ2) is 4.85. The van der Waals surface area contributed by atoms with Crippen LogP contribution in [0.25, 0.3) is 0 Å². The number of hydrogen-bond acceptors (Lipinski definition) is 4. The van der Waals surface area contributed by atoms with Crippen LogP contribution in [0.3, 0.4) is 0 Å². The molecule has 1 unspecified atom stereocenters. The fourth-order valence-corrected chi connectivity index (χ4v) is 2.20. The van der Waals surface area contributed by atoms with Crippen molar-refractivity contribution in [3.8, 4) is 5.75 Å². The van der Waals surface area contributed by atoms with Crippen molar-refractivity contribution in [3.05, 3.63) is 66.1 Å². The number of benzene rings is 1. The maximum absolute atomic E-state index is 13.8. The van der Waals surface area contributed by atoms with Crippen molar-refractivity contribution in [3.63, 3.8) is 0 Å². The van der Waals surface area contributed by atoms with Crippen molar-refractivity contribution in [2.45, 2.75) is 6.04 Å². The Bertz CT molecular complexity index is 655. The predicted octanol–water partition coefficient (Wildman–Crippen LogP) is 3.19. The van der Waals surface area contributed by atoms with Gasteiger partial charge in [0.1, 0.15) is 29.1 Å². The number of aliphatic hydroxyl groups excluding tert-OH is 1. The van der Waals surface area contributed by atoms with E-state index in [1.165, 1.54) is 18.3 Å². The number of nitrogens with zero attached hydrogens (tertiary/aromatic N) is 2. The van der Waals surface area contributed by atoms with Gasteiger partial charge in [0.25, 0.3) is 0 Å². The van der Waals surface area contributed by atoms with E-state index in [1.807, 2.05) is 24.3 Å². The minimum atomic E-state index is -0.579. The summed E-state index contributed by atoms with van der Waals surface area (Å²) in [5, 5.41) is 9.81. The molecule has 0 saturated carbocycles. The molecule has 1 atom stereocenters. The van der Waals surface area contributed by atoms with Crippen LogP contribution in [0.15, 0.2) is 54.6 Å². The van der Waals surface area contributed by atoms with Gasteiger partial charge < -0.3 is 14.7 Å². The fourth-order valence-electron chi connectivity index (χ4n) is 2.20. The summed E-state index contributed by atoms with van der Waals surface area (Å²) in [6.45, 7) is 0. The Kier molecular flexibility index (Phi) is 3.02. The van der Waals surface area contributed by atoms with Gasteiger partial charge in [0.15, 0.2) is 0 Å². The molecule has 3 rings (SSSR count). The maximum Gasteiger partial charge on any atom is 0.147 e. The smallest absolute Gasteiger partial charge is 0.147 e. The van der Waals surface area contributed by atoms with E-state index >= 15 is 0 Å². The van der Waals surface area contributed by atoms with Crippen LogP contribution in [0.1, 0.15) is 11.7 Å². The Morgan fingerprint density at radius 3 is 2.60 bits per heavy atom. The van der Waals surface area contributed by atoms with Crippen LogP contribution in [0.4, 0.5) is 10.1 Å². The zero-order chi connectivity index (χ0) is 14.1. The molecule has 20 heavy (non-hydrogen) atoms. The molecule has 102 valence electrons. The lowest BCUT2D eigenvalue weighted by Gasteiger charge is -2.37. The highest BCUT2D eigenvalue weighted by molar-refractivity contribution is 5.59. The molecule has 2 heterocycles. The number of ether oxygens (including phenoxy) is 1. The monoisotopic (exact) mass is 272 g/mol. The second-order valence-electron chi connectivity index (χ2n) is 4.43. The van der Waals surface area contributed by atoms with Crippen molar-refractivity contribution >= 4 is 5.69 Å². The summed E-state index contributed by atoms with van der Waals surface area (Å²) in [5.41, 5.74) is 1.04. The lowest BCUT2D eigenvalue weighted by Crippen LogP contribution is -2.35. The average Bonchev–Trinajstić information content (AvgIpc) is 2.47. The number of aromatic nitrogens is 1. The highest BCUT2D eigenvalue weighted by atomic mass is 19.1. The number of rotatable bonds is 3. The second-order valence-corrected chi connectivity index (χ2v) is 4.43. The van der Waals surface area contributed by atoms with Crippen molar-refractivity contribution < 1.29 is 14.2 Å². The van der Waals surface area contributed by atoms with Gasteiger partial charge in [-0.05, 0) is 36.4 Å². The van der Waals surface area contributed by atoms with Gasteiger partial charge in [-0.15, -0.1) is 0 Å². The number of anilines is 1. The maximum atomic E-state index is 13.8. The van der Waals surface area contributed by atoms with Crippen LogP contribution in [-0.4, -0.2) is 17.2 Å². The zero-order valence-corrected chi connectivity index (χ0v) is 10.8.